The Morgan fingerprint density at radius 3 is 1.67 bits per heavy atom. The van der Waals surface area contributed by atoms with Crippen LogP contribution in [0.4, 0.5) is 0 Å². The number of benzene rings is 3. The Bertz CT molecular complexity index is 738. The van der Waals surface area contributed by atoms with Gasteiger partial charge in [0, 0.05) is 11.1 Å². The van der Waals surface area contributed by atoms with Crippen molar-refractivity contribution in [3.8, 4) is 11.1 Å². The van der Waals surface area contributed by atoms with Crippen LogP contribution < -0.4 is 0 Å². The molecule has 0 aromatic heterocycles. The first-order chi connectivity index (χ1) is 10.2. The number of ketones is 1. The molecule has 0 unspecified atom stereocenters. The zero-order chi connectivity index (χ0) is 14.7. The largest absolute Gasteiger partial charge is 0.289 e. The van der Waals surface area contributed by atoms with Gasteiger partial charge in [-0.1, -0.05) is 84.4 Å². The van der Waals surface area contributed by atoms with Gasteiger partial charge in [0.25, 0.3) is 0 Å². The van der Waals surface area contributed by atoms with Crippen molar-refractivity contribution >= 4 is 5.78 Å². The summed E-state index contributed by atoms with van der Waals surface area (Å²) in [6.07, 6.45) is 0. The van der Waals surface area contributed by atoms with E-state index in [1.807, 2.05) is 73.7 Å². The maximum absolute atomic E-state index is 12.4. The summed E-state index contributed by atoms with van der Waals surface area (Å²) in [5.74, 6) is 0.0645. The van der Waals surface area contributed by atoms with Crippen molar-refractivity contribution in [2.75, 3.05) is 0 Å². The van der Waals surface area contributed by atoms with Gasteiger partial charge in [0.1, 0.15) is 0 Å². The van der Waals surface area contributed by atoms with E-state index >= 15 is 0 Å². The highest BCUT2D eigenvalue weighted by atomic mass is 16.1. The van der Waals surface area contributed by atoms with Crippen LogP contribution in [0.5, 0.6) is 0 Å². The predicted octanol–water partition coefficient (Wildman–Crippen LogP) is 4.89. The number of carbonyl (C=O) groups excluding carboxylic acids is 1. The van der Waals surface area contributed by atoms with E-state index in [2.05, 4.69) is 12.1 Å². The lowest BCUT2D eigenvalue weighted by Gasteiger charge is -2.05. The highest BCUT2D eigenvalue weighted by Gasteiger charge is 2.08. The number of hydrogen-bond donors (Lipinski definition) is 0. The second kappa shape index (κ2) is 5.76. The lowest BCUT2D eigenvalue weighted by molar-refractivity contribution is 0.103. The molecule has 3 rings (SSSR count). The molecule has 0 amide bonds. The first-order valence-electron chi connectivity index (χ1n) is 7.01. The molecule has 0 atom stereocenters. The molecule has 21 heavy (non-hydrogen) atoms. The van der Waals surface area contributed by atoms with E-state index in [-0.39, 0.29) is 5.78 Å². The molecule has 0 N–H and O–H groups in total. The monoisotopic (exact) mass is 272 g/mol. The van der Waals surface area contributed by atoms with Crippen LogP contribution in [0.2, 0.25) is 0 Å². The smallest absolute Gasteiger partial charge is 0.193 e. The Labute approximate surface area is 124 Å². The van der Waals surface area contributed by atoms with Crippen molar-refractivity contribution in [3.63, 3.8) is 0 Å². The SMILES string of the molecule is Cc1ccc(C(=O)c2ccc(-c3ccccc3)cc2)cc1. The van der Waals surface area contributed by atoms with Crippen LogP contribution in [0.3, 0.4) is 0 Å². The molecular weight excluding hydrogens is 256 g/mol. The summed E-state index contributed by atoms with van der Waals surface area (Å²) in [4.78, 5) is 12.4. The van der Waals surface area contributed by atoms with E-state index in [1.165, 1.54) is 0 Å². The average Bonchev–Trinajstić information content (AvgIpc) is 2.56. The lowest BCUT2D eigenvalue weighted by Crippen LogP contribution is -2.00. The third-order valence-electron chi connectivity index (χ3n) is 3.57. The van der Waals surface area contributed by atoms with Gasteiger partial charge >= 0.3 is 0 Å². The highest BCUT2D eigenvalue weighted by Crippen LogP contribution is 2.20. The summed E-state index contributed by atoms with van der Waals surface area (Å²) >= 11 is 0. The molecule has 0 saturated carbocycles. The van der Waals surface area contributed by atoms with Crippen LogP contribution in [0.15, 0.2) is 78.9 Å². The number of carbonyl (C=O) groups is 1. The van der Waals surface area contributed by atoms with Crippen LogP contribution in [0.25, 0.3) is 11.1 Å². The molecule has 0 aliphatic heterocycles. The zero-order valence-electron chi connectivity index (χ0n) is 11.9. The van der Waals surface area contributed by atoms with Crippen LogP contribution in [0, 0.1) is 6.92 Å². The number of hydrogen-bond acceptors (Lipinski definition) is 1. The molecule has 0 spiro atoms. The van der Waals surface area contributed by atoms with Gasteiger partial charge in [0.2, 0.25) is 0 Å². The summed E-state index contributed by atoms with van der Waals surface area (Å²) in [5.41, 5.74) is 4.89. The number of aryl methyl sites for hydroxylation is 1. The molecule has 0 radical (unpaired) electrons. The second-order valence-electron chi connectivity index (χ2n) is 5.14. The lowest BCUT2D eigenvalue weighted by atomic mass is 9.99. The van der Waals surface area contributed by atoms with Gasteiger partial charge in [-0.2, -0.15) is 0 Å². The van der Waals surface area contributed by atoms with Crippen molar-refractivity contribution < 1.29 is 4.79 Å². The summed E-state index contributed by atoms with van der Waals surface area (Å²) in [7, 11) is 0. The Morgan fingerprint density at radius 1 is 0.619 bits per heavy atom. The minimum Gasteiger partial charge on any atom is -0.289 e. The van der Waals surface area contributed by atoms with Crippen LogP contribution >= 0.6 is 0 Å². The maximum Gasteiger partial charge on any atom is 0.193 e. The molecule has 0 aliphatic rings. The fourth-order valence-electron chi connectivity index (χ4n) is 2.32. The van der Waals surface area contributed by atoms with Gasteiger partial charge in [-0.3, -0.25) is 4.79 Å². The van der Waals surface area contributed by atoms with Crippen LogP contribution in [-0.2, 0) is 0 Å². The summed E-state index contributed by atoms with van der Waals surface area (Å²) in [5, 5.41) is 0. The summed E-state index contributed by atoms with van der Waals surface area (Å²) in [6, 6.07) is 25.6. The quantitative estimate of drug-likeness (QED) is 0.620. The molecule has 102 valence electrons. The van der Waals surface area contributed by atoms with E-state index < -0.39 is 0 Å². The van der Waals surface area contributed by atoms with Crippen molar-refractivity contribution in [2.45, 2.75) is 6.92 Å². The van der Waals surface area contributed by atoms with E-state index in [0.29, 0.717) is 0 Å². The van der Waals surface area contributed by atoms with Crippen LogP contribution in [0.1, 0.15) is 21.5 Å². The molecule has 3 aromatic rings. The Hall–Kier alpha value is -2.67. The molecule has 0 heterocycles. The zero-order valence-corrected chi connectivity index (χ0v) is 11.9. The van der Waals surface area contributed by atoms with E-state index in [1.54, 1.807) is 0 Å². The fraction of sp³-hybridized carbons (Fsp3) is 0.0500. The van der Waals surface area contributed by atoms with Crippen molar-refractivity contribution in [3.05, 3.63) is 95.6 Å². The van der Waals surface area contributed by atoms with Crippen molar-refractivity contribution in [1.29, 1.82) is 0 Å². The second-order valence-corrected chi connectivity index (χ2v) is 5.14. The highest BCUT2D eigenvalue weighted by molar-refractivity contribution is 6.09. The molecule has 3 aromatic carbocycles. The maximum atomic E-state index is 12.4. The number of rotatable bonds is 3. The first-order valence-corrected chi connectivity index (χ1v) is 7.01. The van der Waals surface area contributed by atoms with E-state index in [0.717, 1.165) is 27.8 Å². The van der Waals surface area contributed by atoms with Gasteiger partial charge in [-0.05, 0) is 18.1 Å². The Morgan fingerprint density at radius 2 is 1.10 bits per heavy atom. The van der Waals surface area contributed by atoms with E-state index in [9.17, 15) is 4.79 Å². The Balaban J connectivity index is 1.87. The molecule has 0 bridgehead atoms. The topological polar surface area (TPSA) is 17.1 Å². The molecule has 1 nitrogen and oxygen atoms in total. The minimum atomic E-state index is 0.0645. The molecule has 0 fully saturated rings. The summed E-state index contributed by atoms with van der Waals surface area (Å²) in [6.45, 7) is 2.02. The van der Waals surface area contributed by atoms with Crippen molar-refractivity contribution in [2.24, 2.45) is 0 Å². The van der Waals surface area contributed by atoms with Crippen molar-refractivity contribution in [1.82, 2.24) is 0 Å². The standard InChI is InChI=1S/C20H16O/c1-15-7-9-18(10-8-15)20(21)19-13-11-17(12-14-19)16-5-3-2-4-6-16/h2-14H,1H3. The van der Waals surface area contributed by atoms with Crippen LogP contribution in [-0.4, -0.2) is 5.78 Å². The van der Waals surface area contributed by atoms with Gasteiger partial charge in [-0.25, -0.2) is 0 Å². The minimum absolute atomic E-state index is 0.0645. The molecule has 0 aliphatic carbocycles. The summed E-state index contributed by atoms with van der Waals surface area (Å²) < 4.78 is 0. The first kappa shape index (κ1) is 13.3. The normalized spacial score (nSPS) is 10.3. The van der Waals surface area contributed by atoms with Gasteiger partial charge in [0.15, 0.2) is 5.78 Å². The third kappa shape index (κ3) is 2.92. The third-order valence-corrected chi connectivity index (χ3v) is 3.57. The van der Waals surface area contributed by atoms with E-state index in [4.69, 9.17) is 0 Å². The Kier molecular flexibility index (Phi) is 3.65. The van der Waals surface area contributed by atoms with Gasteiger partial charge in [0.05, 0.1) is 0 Å². The molecular formula is C20H16O. The van der Waals surface area contributed by atoms with Gasteiger partial charge < -0.3 is 0 Å². The average molecular weight is 272 g/mol. The fourth-order valence-corrected chi connectivity index (χ4v) is 2.32. The molecule has 0 saturated heterocycles. The van der Waals surface area contributed by atoms with Gasteiger partial charge in [-0.15, -0.1) is 0 Å². The molecule has 1 heteroatoms. The predicted molar refractivity (Wildman–Crippen MR) is 86.5 cm³/mol.